The van der Waals surface area contributed by atoms with Crippen LogP contribution in [-0.4, -0.2) is 49.4 Å². The van der Waals surface area contributed by atoms with Crippen LogP contribution in [-0.2, 0) is 21.1 Å². The fourth-order valence-electron chi connectivity index (χ4n) is 3.53. The van der Waals surface area contributed by atoms with Crippen molar-refractivity contribution < 1.29 is 17.9 Å². The Kier molecular flexibility index (Phi) is 5.59. The second-order valence-electron chi connectivity index (χ2n) is 6.96. The van der Waals surface area contributed by atoms with Crippen molar-refractivity contribution in [2.24, 2.45) is 4.99 Å². The van der Waals surface area contributed by atoms with Gasteiger partial charge in [-0.25, -0.2) is 8.42 Å². The third-order valence-electron chi connectivity index (χ3n) is 4.91. The molecule has 0 saturated carbocycles. The average Bonchev–Trinajstić information content (AvgIpc) is 3.14. The van der Waals surface area contributed by atoms with Crippen molar-refractivity contribution >= 4 is 50.0 Å². The molecule has 0 bridgehead atoms. The fraction of sp³-hybridized carbons (Fsp3) is 0.300. The molecule has 2 aliphatic rings. The summed E-state index contributed by atoms with van der Waals surface area (Å²) in [6.07, 6.45) is 0.163. The van der Waals surface area contributed by atoms with E-state index in [1.165, 1.54) is 11.8 Å². The highest BCUT2D eigenvalue weighted by Gasteiger charge is 2.49. The molecule has 2 heterocycles. The molecule has 0 radical (unpaired) electrons. The lowest BCUT2D eigenvalue weighted by molar-refractivity contribution is -0.117. The number of nitrogens with zero attached hydrogens (tertiary/aromatic N) is 2. The standard InChI is InChI=1S/C20H19ClN2O4S2/c1-27-16-8-2-13(3-9-16)10-19(24)22-20-23(15-6-4-14(21)5-7-15)17-11-29(25,26)12-18(17)28-20/h2-9,17-18H,10-12H2,1H3. The van der Waals surface area contributed by atoms with Crippen LogP contribution in [0.4, 0.5) is 5.69 Å². The third-order valence-corrected chi connectivity index (χ3v) is 8.37. The van der Waals surface area contributed by atoms with Crippen LogP contribution in [0, 0.1) is 0 Å². The number of halogens is 1. The number of thioether (sulfide) groups is 1. The van der Waals surface area contributed by atoms with Crippen molar-refractivity contribution in [1.82, 2.24) is 0 Å². The Bertz CT molecular complexity index is 1050. The smallest absolute Gasteiger partial charge is 0.252 e. The Morgan fingerprint density at radius 3 is 2.52 bits per heavy atom. The van der Waals surface area contributed by atoms with E-state index in [2.05, 4.69) is 4.99 Å². The number of aliphatic imine (C=N–C) groups is 1. The Morgan fingerprint density at radius 1 is 1.17 bits per heavy atom. The predicted molar refractivity (Wildman–Crippen MR) is 117 cm³/mol. The van der Waals surface area contributed by atoms with E-state index in [0.717, 1.165) is 17.0 Å². The maximum atomic E-state index is 12.6. The number of ether oxygens (including phenoxy) is 1. The number of amides is 1. The van der Waals surface area contributed by atoms with Crippen LogP contribution >= 0.6 is 23.4 Å². The zero-order chi connectivity index (χ0) is 20.6. The van der Waals surface area contributed by atoms with Crippen LogP contribution in [0.25, 0.3) is 0 Å². The number of amidine groups is 1. The quantitative estimate of drug-likeness (QED) is 0.712. The first-order valence-corrected chi connectivity index (χ1v) is 12.1. The topological polar surface area (TPSA) is 76.0 Å². The Balaban J connectivity index is 1.60. The molecule has 2 saturated heterocycles. The molecule has 2 aliphatic heterocycles. The predicted octanol–water partition coefficient (Wildman–Crippen LogP) is 3.19. The summed E-state index contributed by atoms with van der Waals surface area (Å²) in [5, 5.41) is 0.990. The monoisotopic (exact) mass is 450 g/mol. The van der Waals surface area contributed by atoms with Crippen molar-refractivity contribution in [3.05, 3.63) is 59.1 Å². The molecule has 0 spiro atoms. The summed E-state index contributed by atoms with van der Waals surface area (Å²) >= 11 is 7.35. The molecule has 2 aromatic carbocycles. The summed E-state index contributed by atoms with van der Waals surface area (Å²) in [7, 11) is -1.51. The number of benzene rings is 2. The van der Waals surface area contributed by atoms with E-state index in [-0.39, 0.29) is 35.1 Å². The molecule has 2 atom stereocenters. The number of carbonyl (C=O) groups is 1. The van der Waals surface area contributed by atoms with E-state index in [1.54, 1.807) is 31.4 Å². The van der Waals surface area contributed by atoms with Gasteiger partial charge in [0.05, 0.1) is 31.1 Å². The first kappa shape index (κ1) is 20.3. The largest absolute Gasteiger partial charge is 0.497 e. The number of methoxy groups -OCH3 is 1. The molecular formula is C20H19ClN2O4S2. The summed E-state index contributed by atoms with van der Waals surface area (Å²) in [4.78, 5) is 18.8. The van der Waals surface area contributed by atoms with E-state index < -0.39 is 9.84 Å². The molecule has 4 rings (SSSR count). The van der Waals surface area contributed by atoms with Gasteiger partial charge in [0.25, 0.3) is 5.91 Å². The Labute approximate surface area is 178 Å². The highest BCUT2D eigenvalue weighted by molar-refractivity contribution is 8.16. The average molecular weight is 451 g/mol. The zero-order valence-corrected chi connectivity index (χ0v) is 18.0. The van der Waals surface area contributed by atoms with Crippen LogP contribution in [0.3, 0.4) is 0 Å². The van der Waals surface area contributed by atoms with Gasteiger partial charge in [0.1, 0.15) is 5.75 Å². The summed E-state index contributed by atoms with van der Waals surface area (Å²) < 4.78 is 29.4. The lowest BCUT2D eigenvalue weighted by Gasteiger charge is -2.24. The zero-order valence-electron chi connectivity index (χ0n) is 15.6. The SMILES string of the molecule is COc1ccc(CC(=O)N=C2SC3CS(=O)(=O)CC3N2c2ccc(Cl)cc2)cc1. The highest BCUT2D eigenvalue weighted by atomic mass is 35.5. The molecule has 6 nitrogen and oxygen atoms in total. The van der Waals surface area contributed by atoms with Crippen LogP contribution in [0.1, 0.15) is 5.56 Å². The summed E-state index contributed by atoms with van der Waals surface area (Å²) in [5.41, 5.74) is 1.62. The van der Waals surface area contributed by atoms with Gasteiger partial charge in [0, 0.05) is 16.0 Å². The molecule has 2 unspecified atom stereocenters. The number of anilines is 1. The maximum Gasteiger partial charge on any atom is 0.252 e. The number of rotatable bonds is 4. The first-order valence-electron chi connectivity index (χ1n) is 9.01. The summed E-state index contributed by atoms with van der Waals surface area (Å²) in [5.74, 6) is 0.596. The summed E-state index contributed by atoms with van der Waals surface area (Å²) in [6.45, 7) is 0. The van der Waals surface area contributed by atoms with Gasteiger partial charge in [-0.15, -0.1) is 0 Å². The highest BCUT2D eigenvalue weighted by Crippen LogP contribution is 2.41. The van der Waals surface area contributed by atoms with Crippen LogP contribution < -0.4 is 9.64 Å². The van der Waals surface area contributed by atoms with Gasteiger partial charge in [-0.05, 0) is 42.0 Å². The minimum atomic E-state index is -3.10. The summed E-state index contributed by atoms with van der Waals surface area (Å²) in [6, 6.07) is 14.2. The van der Waals surface area contributed by atoms with Gasteiger partial charge in [-0.3, -0.25) is 4.79 Å². The second kappa shape index (κ2) is 8.01. The van der Waals surface area contributed by atoms with Crippen molar-refractivity contribution in [2.75, 3.05) is 23.5 Å². The molecule has 0 N–H and O–H groups in total. The lowest BCUT2D eigenvalue weighted by Crippen LogP contribution is -2.37. The van der Waals surface area contributed by atoms with Crippen LogP contribution in [0.2, 0.25) is 5.02 Å². The molecule has 0 aliphatic carbocycles. The van der Waals surface area contributed by atoms with Gasteiger partial charge < -0.3 is 9.64 Å². The molecule has 9 heteroatoms. The van der Waals surface area contributed by atoms with Crippen molar-refractivity contribution in [2.45, 2.75) is 17.7 Å². The van der Waals surface area contributed by atoms with E-state index in [0.29, 0.717) is 10.2 Å². The van der Waals surface area contributed by atoms with Crippen LogP contribution in [0.15, 0.2) is 53.5 Å². The molecule has 29 heavy (non-hydrogen) atoms. The number of fused-ring (bicyclic) bond motifs is 1. The van der Waals surface area contributed by atoms with E-state index in [9.17, 15) is 13.2 Å². The fourth-order valence-corrected chi connectivity index (χ4v) is 7.59. The molecule has 2 aromatic rings. The Morgan fingerprint density at radius 2 is 1.86 bits per heavy atom. The van der Waals surface area contributed by atoms with Gasteiger partial charge in [0.2, 0.25) is 0 Å². The van der Waals surface area contributed by atoms with Gasteiger partial charge in [0.15, 0.2) is 15.0 Å². The van der Waals surface area contributed by atoms with E-state index in [4.69, 9.17) is 16.3 Å². The van der Waals surface area contributed by atoms with E-state index >= 15 is 0 Å². The van der Waals surface area contributed by atoms with Gasteiger partial charge >= 0.3 is 0 Å². The number of sulfone groups is 1. The lowest BCUT2D eigenvalue weighted by atomic mass is 10.1. The number of hydrogen-bond donors (Lipinski definition) is 0. The number of hydrogen-bond acceptors (Lipinski definition) is 5. The molecule has 2 fully saturated rings. The molecule has 0 aromatic heterocycles. The maximum absolute atomic E-state index is 12.6. The first-order chi connectivity index (χ1) is 13.8. The minimum Gasteiger partial charge on any atom is -0.497 e. The van der Waals surface area contributed by atoms with Crippen molar-refractivity contribution in [3.8, 4) is 5.75 Å². The van der Waals surface area contributed by atoms with E-state index in [1.807, 2.05) is 29.2 Å². The number of carbonyl (C=O) groups excluding carboxylic acids is 1. The molecule has 152 valence electrons. The normalized spacial score (nSPS) is 23.9. The Hall–Kier alpha value is -2.03. The van der Waals surface area contributed by atoms with Crippen molar-refractivity contribution in [3.63, 3.8) is 0 Å². The molecular weight excluding hydrogens is 432 g/mol. The third kappa shape index (κ3) is 4.44. The minimum absolute atomic E-state index is 0.0545. The van der Waals surface area contributed by atoms with Gasteiger partial charge in [-0.2, -0.15) is 4.99 Å². The second-order valence-corrected chi connectivity index (χ2v) is 10.8. The molecule has 1 amide bonds. The van der Waals surface area contributed by atoms with Gasteiger partial charge in [-0.1, -0.05) is 35.5 Å². The van der Waals surface area contributed by atoms with Crippen LogP contribution in [0.5, 0.6) is 5.75 Å². The van der Waals surface area contributed by atoms with Crippen molar-refractivity contribution in [1.29, 1.82) is 0 Å².